The molecular formula is C20H34ClNO3Si. The van der Waals surface area contributed by atoms with Gasteiger partial charge in [-0.25, -0.2) is 4.79 Å². The third kappa shape index (κ3) is 7.68. The van der Waals surface area contributed by atoms with E-state index in [0.717, 1.165) is 11.1 Å². The molecule has 0 aliphatic rings. The van der Waals surface area contributed by atoms with Gasteiger partial charge >= 0.3 is 6.09 Å². The monoisotopic (exact) mass is 399 g/mol. The molecule has 1 rings (SSSR count). The lowest BCUT2D eigenvalue weighted by Gasteiger charge is -2.31. The molecule has 0 fully saturated rings. The summed E-state index contributed by atoms with van der Waals surface area (Å²) in [6, 6.07) is 5.84. The van der Waals surface area contributed by atoms with Gasteiger partial charge in [0.25, 0.3) is 0 Å². The molecular weight excluding hydrogens is 366 g/mol. The summed E-state index contributed by atoms with van der Waals surface area (Å²) in [5, 5.41) is 0.889. The van der Waals surface area contributed by atoms with Gasteiger partial charge in [-0.1, -0.05) is 38.4 Å². The molecule has 148 valence electrons. The smallest absolute Gasteiger partial charge is 0.410 e. The van der Waals surface area contributed by atoms with E-state index in [9.17, 15) is 4.79 Å². The number of benzene rings is 1. The summed E-state index contributed by atoms with van der Waals surface area (Å²) in [5.41, 5.74) is 0.971. The van der Waals surface area contributed by atoms with Crippen LogP contribution in [-0.2, 0) is 21.3 Å². The zero-order valence-electron chi connectivity index (χ0n) is 17.7. The minimum absolute atomic E-state index is 0.207. The molecule has 0 aliphatic carbocycles. The van der Waals surface area contributed by atoms with E-state index in [0.29, 0.717) is 11.6 Å². The molecule has 1 amide bonds. The third-order valence-electron chi connectivity index (χ3n) is 3.67. The van der Waals surface area contributed by atoms with Crippen LogP contribution in [0.15, 0.2) is 18.2 Å². The molecule has 26 heavy (non-hydrogen) atoms. The number of amides is 1. The Bertz CT molecular complexity index is 633. The Kier molecular flexibility index (Phi) is 7.36. The second-order valence-electron chi connectivity index (χ2n) is 9.51. The largest absolute Gasteiger partial charge is 0.444 e. The van der Waals surface area contributed by atoms with Crippen molar-refractivity contribution in [2.75, 3.05) is 7.05 Å². The van der Waals surface area contributed by atoms with Crippen molar-refractivity contribution >= 4 is 27.5 Å². The van der Waals surface area contributed by atoms with E-state index in [4.69, 9.17) is 20.8 Å². The average molecular weight is 400 g/mol. The Balaban J connectivity index is 2.94. The Morgan fingerprint density at radius 3 is 2.19 bits per heavy atom. The highest BCUT2D eigenvalue weighted by atomic mass is 35.5. The summed E-state index contributed by atoms with van der Waals surface area (Å²) < 4.78 is 11.7. The first-order valence-electron chi connectivity index (χ1n) is 8.98. The zero-order chi connectivity index (χ0) is 20.3. The molecule has 0 unspecified atom stereocenters. The molecule has 0 N–H and O–H groups in total. The highest BCUT2D eigenvalue weighted by Crippen LogP contribution is 2.34. The van der Waals surface area contributed by atoms with Crippen molar-refractivity contribution in [1.82, 2.24) is 4.90 Å². The Labute approximate surface area is 166 Å². The predicted octanol–water partition coefficient (Wildman–Crippen LogP) is 5.26. The Morgan fingerprint density at radius 1 is 1.12 bits per heavy atom. The van der Waals surface area contributed by atoms with Crippen LogP contribution in [0.4, 0.5) is 4.79 Å². The van der Waals surface area contributed by atoms with Gasteiger partial charge in [-0.2, -0.15) is 0 Å². The maximum absolute atomic E-state index is 12.2. The van der Waals surface area contributed by atoms with Gasteiger partial charge in [0.1, 0.15) is 5.60 Å². The van der Waals surface area contributed by atoms with E-state index in [1.54, 1.807) is 11.9 Å². The van der Waals surface area contributed by atoms with Crippen LogP contribution in [0, 0.1) is 0 Å². The third-order valence-corrected chi connectivity index (χ3v) is 5.73. The molecule has 0 radical (unpaired) electrons. The molecule has 4 nitrogen and oxygen atoms in total. The van der Waals surface area contributed by atoms with Crippen molar-refractivity contribution in [3.05, 3.63) is 34.3 Å². The van der Waals surface area contributed by atoms with Gasteiger partial charge in [0.05, 0.1) is 5.60 Å². The van der Waals surface area contributed by atoms with E-state index in [-0.39, 0.29) is 11.1 Å². The lowest BCUT2D eigenvalue weighted by atomic mass is 9.96. The van der Waals surface area contributed by atoms with Crippen LogP contribution < -0.4 is 0 Å². The fourth-order valence-electron chi connectivity index (χ4n) is 2.29. The number of halogens is 1. The standard InChI is InChI=1S/C20H34ClNO3Si/c1-18(2,3)24-17(23)22(9)13-14-10-11-16(21)15(12-14)20(7,8)25-26-19(4,5)6/h10-12H,13,26H2,1-9H3. The fraction of sp³-hybridized carbons (Fsp3) is 0.650. The first-order valence-corrected chi connectivity index (χ1v) is 10.6. The number of ether oxygens (including phenoxy) is 1. The molecule has 0 bridgehead atoms. The summed E-state index contributed by atoms with van der Waals surface area (Å²) in [4.78, 5) is 13.7. The lowest BCUT2D eigenvalue weighted by molar-refractivity contribution is 0.0285. The molecule has 0 aliphatic heterocycles. The van der Waals surface area contributed by atoms with Gasteiger partial charge in [0, 0.05) is 24.2 Å². The second-order valence-corrected chi connectivity index (χ2v) is 12.6. The van der Waals surface area contributed by atoms with Crippen molar-refractivity contribution in [2.24, 2.45) is 0 Å². The Hall–Kier alpha value is -1.04. The molecule has 0 atom stereocenters. The number of nitrogens with zero attached hydrogens (tertiary/aromatic N) is 1. The van der Waals surface area contributed by atoms with Gasteiger partial charge in [-0.15, -0.1) is 0 Å². The quantitative estimate of drug-likeness (QED) is 0.633. The van der Waals surface area contributed by atoms with Crippen molar-refractivity contribution in [2.45, 2.75) is 78.2 Å². The fourth-order valence-corrected chi connectivity index (χ4v) is 3.58. The van der Waals surface area contributed by atoms with Crippen molar-refractivity contribution in [1.29, 1.82) is 0 Å². The van der Waals surface area contributed by atoms with Crippen LogP contribution in [-0.4, -0.2) is 33.4 Å². The van der Waals surface area contributed by atoms with Crippen molar-refractivity contribution in [3.8, 4) is 0 Å². The molecule has 0 saturated heterocycles. The van der Waals surface area contributed by atoms with Crippen LogP contribution in [0.25, 0.3) is 0 Å². The maximum Gasteiger partial charge on any atom is 0.410 e. The molecule has 1 aromatic carbocycles. The highest BCUT2D eigenvalue weighted by molar-refractivity contribution is 6.32. The summed E-state index contributed by atoms with van der Waals surface area (Å²) in [6.45, 7) is 16.7. The van der Waals surface area contributed by atoms with Gasteiger partial charge in [-0.05, 0) is 57.4 Å². The SMILES string of the molecule is CN(Cc1ccc(Cl)c(C(C)(C)O[SiH2]C(C)(C)C)c1)C(=O)OC(C)(C)C. The zero-order valence-corrected chi connectivity index (χ0v) is 19.9. The molecule has 0 spiro atoms. The van der Waals surface area contributed by atoms with E-state index < -0.39 is 21.0 Å². The van der Waals surface area contributed by atoms with Crippen LogP contribution >= 0.6 is 11.6 Å². The number of rotatable bonds is 5. The minimum atomic E-state index is -0.724. The topological polar surface area (TPSA) is 38.8 Å². The van der Waals surface area contributed by atoms with Crippen LogP contribution in [0.3, 0.4) is 0 Å². The van der Waals surface area contributed by atoms with Crippen LogP contribution in [0.2, 0.25) is 10.1 Å². The lowest BCUT2D eigenvalue weighted by Crippen LogP contribution is -2.34. The van der Waals surface area contributed by atoms with Crippen LogP contribution in [0.5, 0.6) is 0 Å². The van der Waals surface area contributed by atoms with E-state index in [1.807, 2.05) is 52.8 Å². The van der Waals surface area contributed by atoms with E-state index in [1.165, 1.54) is 0 Å². The predicted molar refractivity (Wildman–Crippen MR) is 112 cm³/mol. The molecule has 0 saturated carbocycles. The summed E-state index contributed by atoms with van der Waals surface area (Å²) in [5.74, 6) is 0. The summed E-state index contributed by atoms with van der Waals surface area (Å²) in [6.07, 6.45) is -0.343. The number of carbonyl (C=O) groups excluding carboxylic acids is 1. The van der Waals surface area contributed by atoms with E-state index in [2.05, 4.69) is 20.8 Å². The number of carbonyl (C=O) groups is 1. The van der Waals surface area contributed by atoms with Crippen molar-refractivity contribution in [3.63, 3.8) is 0 Å². The van der Waals surface area contributed by atoms with Gasteiger partial charge in [-0.3, -0.25) is 0 Å². The molecule has 0 aromatic heterocycles. The summed E-state index contributed by atoms with van der Waals surface area (Å²) >= 11 is 6.45. The molecule has 6 heteroatoms. The van der Waals surface area contributed by atoms with Gasteiger partial charge < -0.3 is 14.1 Å². The number of hydrogen-bond donors (Lipinski definition) is 0. The first kappa shape index (κ1) is 23.0. The van der Waals surface area contributed by atoms with Gasteiger partial charge in [0.15, 0.2) is 9.76 Å². The average Bonchev–Trinajstić information content (AvgIpc) is 2.44. The second kappa shape index (κ2) is 8.32. The van der Waals surface area contributed by atoms with Crippen molar-refractivity contribution < 1.29 is 14.0 Å². The van der Waals surface area contributed by atoms with Crippen LogP contribution in [0.1, 0.15) is 66.5 Å². The first-order chi connectivity index (χ1) is 11.6. The minimum Gasteiger partial charge on any atom is -0.444 e. The Morgan fingerprint density at radius 2 is 1.69 bits per heavy atom. The maximum atomic E-state index is 12.2. The molecule has 0 heterocycles. The van der Waals surface area contributed by atoms with E-state index >= 15 is 0 Å². The normalized spacial score (nSPS) is 13.3. The summed E-state index contributed by atoms with van der Waals surface area (Å²) in [7, 11) is 1.01. The molecule has 1 aromatic rings. The number of hydrogen-bond acceptors (Lipinski definition) is 3. The highest BCUT2D eigenvalue weighted by Gasteiger charge is 2.27. The van der Waals surface area contributed by atoms with Gasteiger partial charge in [0.2, 0.25) is 0 Å².